The number of hydrogen-bond acceptors (Lipinski definition) is 1. The van der Waals surface area contributed by atoms with Crippen LogP contribution >= 0.6 is 0 Å². The van der Waals surface area contributed by atoms with Crippen LogP contribution in [0.3, 0.4) is 0 Å². The molecule has 2 rings (SSSR count). The van der Waals surface area contributed by atoms with Crippen molar-refractivity contribution in [3.05, 3.63) is 0 Å². The van der Waals surface area contributed by atoms with E-state index in [2.05, 4.69) is 25.7 Å². The molecule has 2 saturated heterocycles. The third kappa shape index (κ3) is 1.20. The van der Waals surface area contributed by atoms with Crippen molar-refractivity contribution < 1.29 is 0 Å². The quantitative estimate of drug-likeness (QED) is 0.514. The SMILES string of the molecule is CC(C)(C)[C@H]1C[N@]2CC[C@H]1C2. The molecule has 2 aliphatic heterocycles. The molecule has 1 nitrogen and oxygen atoms in total. The summed E-state index contributed by atoms with van der Waals surface area (Å²) < 4.78 is 0. The van der Waals surface area contributed by atoms with E-state index in [0.717, 1.165) is 11.8 Å². The topological polar surface area (TPSA) is 3.24 Å². The van der Waals surface area contributed by atoms with Crippen LogP contribution in [0.5, 0.6) is 0 Å². The second-order valence-electron chi connectivity index (χ2n) is 5.28. The number of piperidine rings is 1. The highest BCUT2D eigenvalue weighted by Crippen LogP contribution is 2.42. The Morgan fingerprint density at radius 1 is 1.18 bits per heavy atom. The van der Waals surface area contributed by atoms with E-state index in [1.165, 1.54) is 26.1 Å². The van der Waals surface area contributed by atoms with Crippen LogP contribution in [0, 0.1) is 17.3 Å². The van der Waals surface area contributed by atoms with Crippen molar-refractivity contribution in [3.8, 4) is 0 Å². The fourth-order valence-corrected chi connectivity index (χ4v) is 2.77. The third-order valence-corrected chi connectivity index (χ3v) is 3.45. The van der Waals surface area contributed by atoms with Gasteiger partial charge in [-0.1, -0.05) is 20.8 Å². The highest BCUT2D eigenvalue weighted by Gasteiger charge is 2.43. The third-order valence-electron chi connectivity index (χ3n) is 3.45. The first-order chi connectivity index (χ1) is 5.07. The molecule has 2 aliphatic rings. The summed E-state index contributed by atoms with van der Waals surface area (Å²) in [5.74, 6) is 1.99. The standard InChI is InChI=1S/C10H19N/c1-10(2,3)9-7-11-5-4-8(9)6-11/h8-9H,4-7H2,1-3H3/t8-,9-/m0/s1. The van der Waals surface area contributed by atoms with Gasteiger partial charge in [-0.2, -0.15) is 0 Å². The lowest BCUT2D eigenvalue weighted by molar-refractivity contribution is 0.163. The normalized spacial score (nSPS) is 43.4. The van der Waals surface area contributed by atoms with Crippen molar-refractivity contribution in [2.24, 2.45) is 17.3 Å². The average Bonchev–Trinajstić information content (AvgIpc) is 2.42. The van der Waals surface area contributed by atoms with Gasteiger partial charge in [0, 0.05) is 13.1 Å². The zero-order valence-corrected chi connectivity index (χ0v) is 7.93. The predicted molar refractivity (Wildman–Crippen MR) is 47.5 cm³/mol. The van der Waals surface area contributed by atoms with Gasteiger partial charge in [-0.15, -0.1) is 0 Å². The minimum atomic E-state index is 0.542. The van der Waals surface area contributed by atoms with E-state index < -0.39 is 0 Å². The van der Waals surface area contributed by atoms with Gasteiger partial charge in [0.1, 0.15) is 0 Å². The maximum absolute atomic E-state index is 2.63. The van der Waals surface area contributed by atoms with Crippen molar-refractivity contribution in [1.29, 1.82) is 0 Å². The van der Waals surface area contributed by atoms with Crippen LogP contribution in [0.2, 0.25) is 0 Å². The zero-order valence-electron chi connectivity index (χ0n) is 7.93. The van der Waals surface area contributed by atoms with E-state index in [1.807, 2.05) is 0 Å². The largest absolute Gasteiger partial charge is 0.303 e. The van der Waals surface area contributed by atoms with Crippen LogP contribution in [-0.4, -0.2) is 24.5 Å². The molecular formula is C10H19N. The minimum Gasteiger partial charge on any atom is -0.303 e. The molecular weight excluding hydrogens is 134 g/mol. The van der Waals surface area contributed by atoms with E-state index in [0.29, 0.717) is 5.41 Å². The molecule has 0 spiro atoms. The Balaban J connectivity index is 2.08. The summed E-state index contributed by atoms with van der Waals surface area (Å²) in [7, 11) is 0. The lowest BCUT2D eigenvalue weighted by Crippen LogP contribution is -2.32. The Morgan fingerprint density at radius 2 is 1.91 bits per heavy atom. The monoisotopic (exact) mass is 153 g/mol. The lowest BCUT2D eigenvalue weighted by atomic mass is 9.73. The predicted octanol–water partition coefficient (Wildman–Crippen LogP) is 1.98. The molecule has 64 valence electrons. The molecule has 2 heterocycles. The first-order valence-corrected chi connectivity index (χ1v) is 4.80. The maximum atomic E-state index is 2.63. The second-order valence-corrected chi connectivity index (χ2v) is 5.28. The van der Waals surface area contributed by atoms with Gasteiger partial charge in [0.2, 0.25) is 0 Å². The molecule has 0 saturated carbocycles. The second kappa shape index (κ2) is 2.22. The van der Waals surface area contributed by atoms with Gasteiger partial charge in [-0.05, 0) is 30.2 Å². The molecule has 11 heavy (non-hydrogen) atoms. The van der Waals surface area contributed by atoms with Gasteiger partial charge >= 0.3 is 0 Å². The maximum Gasteiger partial charge on any atom is 0.00179 e. The average molecular weight is 153 g/mol. The molecule has 1 heteroatoms. The fraction of sp³-hybridized carbons (Fsp3) is 1.00. The summed E-state index contributed by atoms with van der Waals surface area (Å²) in [5.41, 5.74) is 0.542. The molecule has 2 bridgehead atoms. The summed E-state index contributed by atoms with van der Waals surface area (Å²) in [6, 6.07) is 0. The van der Waals surface area contributed by atoms with Gasteiger partial charge in [-0.25, -0.2) is 0 Å². The molecule has 0 aromatic heterocycles. The number of nitrogens with zero attached hydrogens (tertiary/aromatic N) is 1. The zero-order chi connectivity index (χ0) is 8.06. The molecule has 0 aromatic rings. The van der Waals surface area contributed by atoms with Crippen molar-refractivity contribution in [2.75, 3.05) is 19.6 Å². The van der Waals surface area contributed by atoms with Gasteiger partial charge in [0.15, 0.2) is 0 Å². The van der Waals surface area contributed by atoms with Gasteiger partial charge in [0.05, 0.1) is 0 Å². The highest BCUT2D eigenvalue weighted by atomic mass is 15.2. The molecule has 0 aromatic carbocycles. The first kappa shape index (κ1) is 7.60. The summed E-state index contributed by atoms with van der Waals surface area (Å²) in [6.45, 7) is 11.3. The summed E-state index contributed by atoms with van der Waals surface area (Å²) in [6.07, 6.45) is 1.46. The number of fused-ring (bicyclic) bond motifs is 2. The van der Waals surface area contributed by atoms with Gasteiger partial charge in [0.25, 0.3) is 0 Å². The Kier molecular flexibility index (Phi) is 1.54. The van der Waals surface area contributed by atoms with E-state index in [9.17, 15) is 0 Å². The Bertz CT molecular complexity index is 157. The van der Waals surface area contributed by atoms with Crippen LogP contribution < -0.4 is 0 Å². The highest BCUT2D eigenvalue weighted by molar-refractivity contribution is 4.95. The van der Waals surface area contributed by atoms with Gasteiger partial charge in [-0.3, -0.25) is 0 Å². The van der Waals surface area contributed by atoms with Crippen LogP contribution in [-0.2, 0) is 0 Å². The van der Waals surface area contributed by atoms with Crippen molar-refractivity contribution in [2.45, 2.75) is 27.2 Å². The van der Waals surface area contributed by atoms with Crippen LogP contribution in [0.1, 0.15) is 27.2 Å². The van der Waals surface area contributed by atoms with E-state index in [-0.39, 0.29) is 0 Å². The Hall–Kier alpha value is -0.0400. The summed E-state index contributed by atoms with van der Waals surface area (Å²) >= 11 is 0. The van der Waals surface area contributed by atoms with Crippen molar-refractivity contribution in [1.82, 2.24) is 4.90 Å². The smallest absolute Gasteiger partial charge is 0.00179 e. The first-order valence-electron chi connectivity index (χ1n) is 4.80. The van der Waals surface area contributed by atoms with Crippen molar-refractivity contribution >= 4 is 0 Å². The molecule has 0 unspecified atom stereocenters. The van der Waals surface area contributed by atoms with Crippen LogP contribution in [0.15, 0.2) is 0 Å². The summed E-state index contributed by atoms with van der Waals surface area (Å²) in [5, 5.41) is 0. The van der Waals surface area contributed by atoms with Crippen molar-refractivity contribution in [3.63, 3.8) is 0 Å². The molecule has 3 atom stereocenters. The molecule has 0 amide bonds. The molecule has 0 N–H and O–H groups in total. The summed E-state index contributed by atoms with van der Waals surface area (Å²) in [4.78, 5) is 2.63. The Morgan fingerprint density at radius 3 is 2.18 bits per heavy atom. The molecule has 0 radical (unpaired) electrons. The number of hydrogen-bond donors (Lipinski definition) is 0. The van der Waals surface area contributed by atoms with E-state index >= 15 is 0 Å². The molecule has 2 fully saturated rings. The molecule has 0 aliphatic carbocycles. The lowest BCUT2D eigenvalue weighted by Gasteiger charge is -2.33. The van der Waals surface area contributed by atoms with E-state index in [1.54, 1.807) is 0 Å². The Labute approximate surface area is 69.8 Å². The fourth-order valence-electron chi connectivity index (χ4n) is 2.77. The van der Waals surface area contributed by atoms with Gasteiger partial charge < -0.3 is 4.90 Å². The van der Waals surface area contributed by atoms with Crippen LogP contribution in [0.25, 0.3) is 0 Å². The number of rotatable bonds is 0. The van der Waals surface area contributed by atoms with Crippen LogP contribution in [0.4, 0.5) is 0 Å². The van der Waals surface area contributed by atoms with E-state index in [4.69, 9.17) is 0 Å². The minimum absolute atomic E-state index is 0.542.